The van der Waals surface area contributed by atoms with E-state index < -0.39 is 18.5 Å². The molecule has 0 aliphatic carbocycles. The van der Waals surface area contributed by atoms with Gasteiger partial charge >= 0.3 is 5.97 Å². The summed E-state index contributed by atoms with van der Waals surface area (Å²) in [6, 6.07) is 0. The Labute approximate surface area is 87.9 Å². The summed E-state index contributed by atoms with van der Waals surface area (Å²) in [5, 5.41) is 2.06. The molecule has 0 fully saturated rings. The van der Waals surface area contributed by atoms with Crippen LogP contribution in [0.2, 0.25) is 0 Å². The van der Waals surface area contributed by atoms with Crippen LogP contribution in [0.1, 0.15) is 20.8 Å². The second-order valence-corrected chi connectivity index (χ2v) is 3.03. The topological polar surface area (TPSA) is 81.7 Å². The summed E-state index contributed by atoms with van der Waals surface area (Å²) in [6.45, 7) is 4.16. The quantitative estimate of drug-likeness (QED) is 0.367. The third-order valence-corrected chi connectivity index (χ3v) is 1.39. The van der Waals surface area contributed by atoms with Gasteiger partial charge in [-0.05, 0) is 6.92 Å². The lowest BCUT2D eigenvalue weighted by Gasteiger charge is -2.12. The molecule has 6 heteroatoms. The summed E-state index contributed by atoms with van der Waals surface area (Å²) in [5.74, 6) is -1.17. The van der Waals surface area contributed by atoms with Gasteiger partial charge in [0.25, 0.3) is 6.23 Å². The highest BCUT2D eigenvalue weighted by atomic mass is 16.7. The van der Waals surface area contributed by atoms with E-state index in [1.807, 2.05) is 0 Å². The fraction of sp³-hybridized carbons (Fsp3) is 0.556. The molecule has 0 aromatic heterocycles. The fourth-order valence-corrected chi connectivity index (χ4v) is 0.612. The number of Topliss-reactive ketones (excluding diaryl/α,β-unsaturated/α-hetero) is 1. The summed E-state index contributed by atoms with van der Waals surface area (Å²) in [5.41, 5.74) is 0. The van der Waals surface area contributed by atoms with E-state index >= 15 is 0 Å². The highest BCUT2D eigenvalue weighted by molar-refractivity contribution is 5.89. The Morgan fingerprint density at radius 1 is 1.33 bits per heavy atom. The van der Waals surface area contributed by atoms with Gasteiger partial charge in [-0.1, -0.05) is 13.8 Å². The van der Waals surface area contributed by atoms with Crippen molar-refractivity contribution < 1.29 is 23.9 Å². The maximum absolute atomic E-state index is 11.0. The highest BCUT2D eigenvalue weighted by Gasteiger charge is 2.17. The van der Waals surface area contributed by atoms with Crippen molar-refractivity contribution >= 4 is 18.2 Å². The number of carbonyl (C=O) groups is 3. The van der Waals surface area contributed by atoms with Crippen molar-refractivity contribution in [1.29, 1.82) is 0 Å². The second-order valence-electron chi connectivity index (χ2n) is 3.03. The van der Waals surface area contributed by atoms with Crippen molar-refractivity contribution in [3.8, 4) is 0 Å². The van der Waals surface area contributed by atoms with Crippen molar-refractivity contribution in [3.63, 3.8) is 0 Å². The summed E-state index contributed by atoms with van der Waals surface area (Å²) < 4.78 is 9.39. The van der Waals surface area contributed by atoms with Crippen LogP contribution in [0.4, 0.5) is 0 Å². The van der Waals surface area contributed by atoms with Gasteiger partial charge in [-0.15, -0.1) is 0 Å². The molecule has 0 bridgehead atoms. The molecule has 0 aliphatic rings. The molecule has 0 unspecified atom stereocenters. The summed E-state index contributed by atoms with van der Waals surface area (Å²) in [7, 11) is 0. The van der Waals surface area contributed by atoms with Gasteiger partial charge in [0.1, 0.15) is 0 Å². The number of ketones is 1. The van der Waals surface area contributed by atoms with E-state index in [1.54, 1.807) is 13.8 Å². The molecule has 1 radical (unpaired) electrons. The van der Waals surface area contributed by atoms with E-state index in [-0.39, 0.29) is 12.1 Å². The zero-order valence-corrected chi connectivity index (χ0v) is 8.90. The average Bonchev–Trinajstić information content (AvgIpc) is 2.15. The van der Waals surface area contributed by atoms with E-state index in [9.17, 15) is 14.4 Å². The Balaban J connectivity index is 3.85. The summed E-state index contributed by atoms with van der Waals surface area (Å²) in [6.07, 6.45) is 0.0580. The zero-order valence-electron chi connectivity index (χ0n) is 8.90. The van der Waals surface area contributed by atoms with Crippen molar-refractivity contribution in [1.82, 2.24) is 5.32 Å². The Morgan fingerprint density at radius 2 is 1.93 bits per heavy atom. The molecular weight excluding hydrogens is 202 g/mol. The number of amides is 1. The van der Waals surface area contributed by atoms with Gasteiger partial charge in [0, 0.05) is 0 Å². The number of esters is 1. The average molecular weight is 216 g/mol. The van der Waals surface area contributed by atoms with Crippen LogP contribution >= 0.6 is 0 Å². The van der Waals surface area contributed by atoms with Gasteiger partial charge < -0.3 is 14.8 Å². The van der Waals surface area contributed by atoms with Gasteiger partial charge in [-0.25, -0.2) is 0 Å². The largest absolute Gasteiger partial charge is 0.438 e. The number of ether oxygens (including phenoxy) is 2. The first-order valence-electron chi connectivity index (χ1n) is 4.36. The minimum Gasteiger partial charge on any atom is -0.438 e. The Hall–Kier alpha value is -1.43. The smallest absolute Gasteiger partial charge is 0.310 e. The van der Waals surface area contributed by atoms with E-state index in [0.717, 1.165) is 0 Å². The standard InChI is InChI=1S/C9H14NO5/c1-6(2)9(13)15-5-14-8(7(3)12)10-4-11/h4,6H,5H2,1-3H3,(H,10,11). The molecule has 0 heterocycles. The lowest BCUT2D eigenvalue weighted by Crippen LogP contribution is -2.30. The lowest BCUT2D eigenvalue weighted by molar-refractivity contribution is -0.161. The van der Waals surface area contributed by atoms with Gasteiger partial charge in [-0.2, -0.15) is 0 Å². The number of nitrogens with one attached hydrogen (secondary N) is 1. The normalized spacial score (nSPS) is 10.2. The van der Waals surface area contributed by atoms with Crippen molar-refractivity contribution in [2.75, 3.05) is 6.79 Å². The van der Waals surface area contributed by atoms with E-state index in [2.05, 4.69) is 10.1 Å². The van der Waals surface area contributed by atoms with Crippen LogP contribution in [0.15, 0.2) is 0 Å². The number of rotatable bonds is 7. The fourth-order valence-electron chi connectivity index (χ4n) is 0.612. The van der Waals surface area contributed by atoms with Crippen LogP contribution < -0.4 is 5.32 Å². The van der Waals surface area contributed by atoms with Crippen molar-refractivity contribution in [2.45, 2.75) is 20.8 Å². The summed E-state index contributed by atoms with van der Waals surface area (Å²) >= 11 is 0. The lowest BCUT2D eigenvalue weighted by atomic mass is 10.2. The molecule has 0 aromatic carbocycles. The Morgan fingerprint density at radius 3 is 2.33 bits per heavy atom. The maximum atomic E-state index is 11.0. The van der Waals surface area contributed by atoms with Crippen LogP contribution in [0.3, 0.4) is 0 Å². The van der Waals surface area contributed by atoms with E-state index in [4.69, 9.17) is 4.74 Å². The van der Waals surface area contributed by atoms with Gasteiger partial charge in [0.15, 0.2) is 12.6 Å². The zero-order chi connectivity index (χ0) is 11.8. The molecule has 0 aliphatic heterocycles. The van der Waals surface area contributed by atoms with Gasteiger partial charge in [-0.3, -0.25) is 14.4 Å². The molecule has 15 heavy (non-hydrogen) atoms. The molecule has 1 N–H and O–H groups in total. The number of carbonyl (C=O) groups excluding carboxylic acids is 3. The number of hydrogen-bond acceptors (Lipinski definition) is 5. The molecule has 6 nitrogen and oxygen atoms in total. The van der Waals surface area contributed by atoms with Crippen LogP contribution in [-0.2, 0) is 23.9 Å². The van der Waals surface area contributed by atoms with Gasteiger partial charge in [0.05, 0.1) is 5.92 Å². The van der Waals surface area contributed by atoms with Crippen LogP contribution in [-0.4, -0.2) is 25.0 Å². The molecule has 1 amide bonds. The van der Waals surface area contributed by atoms with Gasteiger partial charge in [0.2, 0.25) is 6.41 Å². The first kappa shape index (κ1) is 13.6. The predicted molar refractivity (Wildman–Crippen MR) is 50.0 cm³/mol. The Bertz CT molecular complexity index is 239. The molecule has 0 aromatic rings. The van der Waals surface area contributed by atoms with E-state index in [0.29, 0.717) is 6.41 Å². The third-order valence-electron chi connectivity index (χ3n) is 1.39. The highest BCUT2D eigenvalue weighted by Crippen LogP contribution is 2.01. The van der Waals surface area contributed by atoms with Crippen molar-refractivity contribution in [3.05, 3.63) is 6.23 Å². The maximum Gasteiger partial charge on any atom is 0.310 e. The van der Waals surface area contributed by atoms with Crippen LogP contribution in [0.25, 0.3) is 0 Å². The second kappa shape index (κ2) is 6.94. The van der Waals surface area contributed by atoms with Crippen molar-refractivity contribution in [2.24, 2.45) is 5.92 Å². The minimum absolute atomic E-state index is 0.249. The van der Waals surface area contributed by atoms with E-state index in [1.165, 1.54) is 6.92 Å². The molecule has 0 saturated heterocycles. The molecule has 0 rings (SSSR count). The molecule has 0 spiro atoms. The molecule has 0 atom stereocenters. The first-order valence-corrected chi connectivity index (χ1v) is 4.36. The Kier molecular flexibility index (Phi) is 6.28. The minimum atomic E-state index is -0.456. The predicted octanol–water partition coefficient (Wildman–Crippen LogP) is -0.0158. The molecular formula is C9H14NO5. The first-order chi connectivity index (χ1) is 6.99. The van der Waals surface area contributed by atoms with Crippen LogP contribution in [0.5, 0.6) is 0 Å². The number of hydrogen-bond donors (Lipinski definition) is 1. The molecule has 85 valence electrons. The monoisotopic (exact) mass is 216 g/mol. The third kappa shape index (κ3) is 5.79. The molecule has 0 saturated carbocycles. The summed E-state index contributed by atoms with van der Waals surface area (Å²) in [4.78, 5) is 31.8. The SMILES string of the molecule is CC(=O)[C](NC=O)OCOC(=O)C(C)C. The van der Waals surface area contributed by atoms with Crippen LogP contribution in [0, 0.1) is 12.1 Å².